The highest BCUT2D eigenvalue weighted by molar-refractivity contribution is 5.19. The number of rotatable bonds is 2. The number of aryl methyl sites for hydroxylation is 1. The predicted octanol–water partition coefficient (Wildman–Crippen LogP) is 2.31. The number of nitrogens with one attached hydrogen (secondary N) is 1. The lowest BCUT2D eigenvalue weighted by molar-refractivity contribution is 0.166. The van der Waals surface area contributed by atoms with Gasteiger partial charge < -0.3 is 4.90 Å². The molecule has 1 saturated heterocycles. The molecule has 1 atom stereocenters. The van der Waals surface area contributed by atoms with Crippen molar-refractivity contribution in [1.82, 2.24) is 15.1 Å². The van der Waals surface area contributed by atoms with Gasteiger partial charge in [0.2, 0.25) is 0 Å². The molecular formula is C12H21N3. The molecule has 1 N–H and O–H groups in total. The summed E-state index contributed by atoms with van der Waals surface area (Å²) in [4.78, 5) is 2.56. The second-order valence-corrected chi connectivity index (χ2v) is 4.89. The van der Waals surface area contributed by atoms with Crippen molar-refractivity contribution in [2.24, 2.45) is 0 Å². The summed E-state index contributed by atoms with van der Waals surface area (Å²) >= 11 is 0. The van der Waals surface area contributed by atoms with Crippen LogP contribution in [0.3, 0.4) is 0 Å². The number of hydrogen-bond acceptors (Lipinski definition) is 2. The molecule has 3 heteroatoms. The molecular weight excluding hydrogens is 186 g/mol. The Balaban J connectivity index is 2.08. The summed E-state index contributed by atoms with van der Waals surface area (Å²) < 4.78 is 0. The van der Waals surface area contributed by atoms with Crippen molar-refractivity contribution in [1.29, 1.82) is 0 Å². The van der Waals surface area contributed by atoms with Crippen LogP contribution in [0.2, 0.25) is 0 Å². The number of H-pyrrole nitrogens is 1. The third-order valence-corrected chi connectivity index (χ3v) is 3.46. The van der Waals surface area contributed by atoms with Gasteiger partial charge in [-0.1, -0.05) is 0 Å². The summed E-state index contributed by atoms with van der Waals surface area (Å²) in [5.74, 6) is 0.656. The quantitative estimate of drug-likeness (QED) is 0.807. The van der Waals surface area contributed by atoms with Gasteiger partial charge >= 0.3 is 0 Å². The van der Waals surface area contributed by atoms with E-state index < -0.39 is 0 Å². The zero-order valence-corrected chi connectivity index (χ0v) is 9.95. The smallest absolute Gasteiger partial charge is 0.0519 e. The highest BCUT2D eigenvalue weighted by Crippen LogP contribution is 2.28. The number of hydrogen-bond donors (Lipinski definition) is 1. The molecule has 84 valence electrons. The van der Waals surface area contributed by atoms with Crippen molar-refractivity contribution < 1.29 is 0 Å². The second kappa shape index (κ2) is 4.35. The lowest BCUT2D eigenvalue weighted by Gasteiger charge is -2.35. The van der Waals surface area contributed by atoms with E-state index in [1.807, 2.05) is 6.20 Å². The number of aromatic amines is 1. The lowest BCUT2D eigenvalue weighted by atomic mass is 9.92. The van der Waals surface area contributed by atoms with Crippen molar-refractivity contribution in [2.75, 3.05) is 13.1 Å². The Morgan fingerprint density at radius 3 is 2.93 bits per heavy atom. The fourth-order valence-electron chi connectivity index (χ4n) is 2.48. The Bertz CT molecular complexity index is 316. The Labute approximate surface area is 91.9 Å². The minimum Gasteiger partial charge on any atom is -0.300 e. The summed E-state index contributed by atoms with van der Waals surface area (Å²) in [6.45, 7) is 9.14. The third kappa shape index (κ3) is 2.23. The van der Waals surface area contributed by atoms with E-state index in [4.69, 9.17) is 0 Å². The molecule has 0 amide bonds. The zero-order valence-electron chi connectivity index (χ0n) is 9.95. The molecule has 1 aromatic heterocycles. The minimum absolute atomic E-state index is 0.656. The van der Waals surface area contributed by atoms with E-state index in [1.165, 1.54) is 37.2 Å². The van der Waals surface area contributed by atoms with Crippen molar-refractivity contribution in [3.05, 3.63) is 17.5 Å². The van der Waals surface area contributed by atoms with E-state index in [9.17, 15) is 0 Å². The van der Waals surface area contributed by atoms with Crippen LogP contribution >= 0.6 is 0 Å². The van der Waals surface area contributed by atoms with Gasteiger partial charge in [0.25, 0.3) is 0 Å². The third-order valence-electron chi connectivity index (χ3n) is 3.46. The summed E-state index contributed by atoms with van der Waals surface area (Å²) in [5, 5.41) is 7.28. The lowest BCUT2D eigenvalue weighted by Crippen LogP contribution is -2.39. The van der Waals surface area contributed by atoms with Gasteiger partial charge in [0.05, 0.1) is 6.20 Å². The highest BCUT2D eigenvalue weighted by Gasteiger charge is 2.24. The standard InChI is InChI=1S/C12H21N3/c1-9(2)15-6-4-5-11(8-15)12-10(3)7-13-14-12/h7,9,11H,4-6,8H2,1-3H3,(H,13,14)/t11-/m1/s1. The molecule has 1 aromatic rings. The van der Waals surface area contributed by atoms with Crippen LogP contribution in [0, 0.1) is 6.92 Å². The Hall–Kier alpha value is -0.830. The van der Waals surface area contributed by atoms with Gasteiger partial charge in [-0.05, 0) is 45.7 Å². The van der Waals surface area contributed by atoms with Crippen LogP contribution in [0.4, 0.5) is 0 Å². The summed E-state index contributed by atoms with van der Waals surface area (Å²) in [7, 11) is 0. The van der Waals surface area contributed by atoms with E-state index >= 15 is 0 Å². The van der Waals surface area contributed by atoms with E-state index in [0.717, 1.165) is 0 Å². The molecule has 0 spiro atoms. The summed E-state index contributed by atoms with van der Waals surface area (Å²) in [6.07, 6.45) is 4.54. The molecule has 0 unspecified atom stereocenters. The highest BCUT2D eigenvalue weighted by atomic mass is 15.2. The van der Waals surface area contributed by atoms with Crippen LogP contribution in [-0.4, -0.2) is 34.2 Å². The first-order valence-corrected chi connectivity index (χ1v) is 5.92. The second-order valence-electron chi connectivity index (χ2n) is 4.89. The van der Waals surface area contributed by atoms with Crippen LogP contribution in [-0.2, 0) is 0 Å². The van der Waals surface area contributed by atoms with Crippen molar-refractivity contribution >= 4 is 0 Å². The van der Waals surface area contributed by atoms with Crippen LogP contribution in [0.5, 0.6) is 0 Å². The molecule has 15 heavy (non-hydrogen) atoms. The average Bonchev–Trinajstić information content (AvgIpc) is 2.64. The van der Waals surface area contributed by atoms with E-state index in [1.54, 1.807) is 0 Å². The maximum Gasteiger partial charge on any atom is 0.0519 e. The molecule has 2 heterocycles. The normalized spacial score (nSPS) is 23.6. The number of nitrogens with zero attached hydrogens (tertiary/aromatic N) is 2. The van der Waals surface area contributed by atoms with Gasteiger partial charge in [-0.25, -0.2) is 0 Å². The molecule has 0 aromatic carbocycles. The van der Waals surface area contributed by atoms with Gasteiger partial charge in [0.1, 0.15) is 0 Å². The molecule has 3 nitrogen and oxygen atoms in total. The molecule has 0 aliphatic carbocycles. The first kappa shape index (κ1) is 10.7. The number of piperidine rings is 1. The Morgan fingerprint density at radius 1 is 1.53 bits per heavy atom. The topological polar surface area (TPSA) is 31.9 Å². The maximum absolute atomic E-state index is 4.12. The van der Waals surface area contributed by atoms with E-state index in [0.29, 0.717) is 12.0 Å². The number of likely N-dealkylation sites (tertiary alicyclic amines) is 1. The Morgan fingerprint density at radius 2 is 2.33 bits per heavy atom. The molecule has 1 aliphatic heterocycles. The predicted molar refractivity (Wildman–Crippen MR) is 62.0 cm³/mol. The van der Waals surface area contributed by atoms with E-state index in [-0.39, 0.29) is 0 Å². The molecule has 1 fully saturated rings. The van der Waals surface area contributed by atoms with Gasteiger partial charge in [-0.15, -0.1) is 0 Å². The maximum atomic E-state index is 4.12. The summed E-state index contributed by atoms with van der Waals surface area (Å²) in [6, 6.07) is 0.663. The van der Waals surface area contributed by atoms with Gasteiger partial charge in [0.15, 0.2) is 0 Å². The first-order chi connectivity index (χ1) is 7.18. The van der Waals surface area contributed by atoms with Crippen LogP contribution in [0.25, 0.3) is 0 Å². The van der Waals surface area contributed by atoms with Crippen molar-refractivity contribution in [3.63, 3.8) is 0 Å². The molecule has 0 saturated carbocycles. The van der Waals surface area contributed by atoms with Gasteiger partial charge in [-0.2, -0.15) is 5.10 Å². The SMILES string of the molecule is Cc1cn[nH]c1[C@@H]1CCCN(C(C)C)C1. The van der Waals surface area contributed by atoms with Gasteiger partial charge in [-0.3, -0.25) is 5.10 Å². The average molecular weight is 207 g/mol. The molecule has 0 radical (unpaired) electrons. The zero-order chi connectivity index (χ0) is 10.8. The van der Waals surface area contributed by atoms with Gasteiger partial charge in [0, 0.05) is 24.2 Å². The fourth-order valence-corrected chi connectivity index (χ4v) is 2.48. The fraction of sp³-hybridized carbons (Fsp3) is 0.750. The largest absolute Gasteiger partial charge is 0.300 e. The monoisotopic (exact) mass is 207 g/mol. The van der Waals surface area contributed by atoms with Crippen LogP contribution in [0.15, 0.2) is 6.20 Å². The van der Waals surface area contributed by atoms with Crippen LogP contribution < -0.4 is 0 Å². The van der Waals surface area contributed by atoms with Crippen molar-refractivity contribution in [2.45, 2.75) is 45.6 Å². The molecule has 0 bridgehead atoms. The van der Waals surface area contributed by atoms with Crippen molar-refractivity contribution in [3.8, 4) is 0 Å². The minimum atomic E-state index is 0.656. The molecule has 1 aliphatic rings. The van der Waals surface area contributed by atoms with Crippen LogP contribution in [0.1, 0.15) is 43.9 Å². The number of aromatic nitrogens is 2. The van der Waals surface area contributed by atoms with E-state index in [2.05, 4.69) is 35.9 Å². The summed E-state index contributed by atoms with van der Waals surface area (Å²) in [5.41, 5.74) is 2.66. The Kier molecular flexibility index (Phi) is 3.10. The first-order valence-electron chi connectivity index (χ1n) is 5.92. The molecule has 2 rings (SSSR count).